The van der Waals surface area contributed by atoms with Crippen molar-refractivity contribution >= 4 is 33.9 Å². The largest absolute Gasteiger partial charge is 0.487 e. The lowest BCUT2D eigenvalue weighted by Gasteiger charge is -2.03. The number of ether oxygens (including phenoxy) is 1. The van der Waals surface area contributed by atoms with Gasteiger partial charge in [-0.1, -0.05) is 51.5 Å². The summed E-state index contributed by atoms with van der Waals surface area (Å²) in [5.41, 5.74) is 1.63. The number of hydrogen-bond donors (Lipinski definition) is 0. The van der Waals surface area contributed by atoms with Crippen LogP contribution in [0.3, 0.4) is 0 Å². The van der Waals surface area contributed by atoms with E-state index in [0.717, 1.165) is 15.8 Å². The molecule has 0 fully saturated rings. The van der Waals surface area contributed by atoms with Crippen molar-refractivity contribution in [2.75, 3.05) is 0 Å². The minimum absolute atomic E-state index is 0.0757. The van der Waals surface area contributed by atoms with Crippen LogP contribution in [0.2, 0.25) is 0 Å². The van der Waals surface area contributed by atoms with Gasteiger partial charge in [0.2, 0.25) is 5.82 Å². The topological polar surface area (TPSA) is 101 Å². The number of halogens is 1. The summed E-state index contributed by atoms with van der Waals surface area (Å²) in [4.78, 5) is 15.2. The van der Waals surface area contributed by atoms with E-state index in [-0.39, 0.29) is 12.4 Å². The van der Waals surface area contributed by atoms with Gasteiger partial charge in [0.15, 0.2) is 0 Å². The molecular formula is C22H19BrN6O3. The van der Waals surface area contributed by atoms with Gasteiger partial charge in [-0.3, -0.25) is 0 Å². The van der Waals surface area contributed by atoms with Crippen LogP contribution in [0.25, 0.3) is 12.2 Å². The lowest BCUT2D eigenvalue weighted by Crippen LogP contribution is -2.11. The maximum Gasteiger partial charge on any atom is 0.343 e. The molecule has 2 aromatic carbocycles. The first kappa shape index (κ1) is 21.4. The van der Waals surface area contributed by atoms with Crippen LogP contribution in [0, 0.1) is 10.1 Å². The zero-order valence-electron chi connectivity index (χ0n) is 16.9. The minimum atomic E-state index is -0.440. The fraction of sp³-hybridized carbons (Fsp3) is 0.136. The van der Waals surface area contributed by atoms with Crippen molar-refractivity contribution in [2.24, 2.45) is 0 Å². The predicted molar refractivity (Wildman–Crippen MR) is 123 cm³/mol. The number of nitrogens with zero attached hydrogens (tertiary/aromatic N) is 6. The van der Waals surface area contributed by atoms with E-state index in [4.69, 9.17) is 4.74 Å². The minimum Gasteiger partial charge on any atom is -0.487 e. The van der Waals surface area contributed by atoms with Gasteiger partial charge < -0.3 is 14.9 Å². The number of aromatic nitrogens is 5. The molecule has 4 rings (SSSR count). The highest BCUT2D eigenvalue weighted by atomic mass is 79.9. The highest BCUT2D eigenvalue weighted by Crippen LogP contribution is 2.18. The lowest BCUT2D eigenvalue weighted by molar-refractivity contribution is -0.392. The average molecular weight is 495 g/mol. The van der Waals surface area contributed by atoms with Crippen molar-refractivity contribution in [3.05, 3.63) is 98.7 Å². The van der Waals surface area contributed by atoms with Crippen molar-refractivity contribution in [2.45, 2.75) is 19.7 Å². The van der Waals surface area contributed by atoms with Crippen molar-refractivity contribution in [1.82, 2.24) is 24.5 Å². The van der Waals surface area contributed by atoms with E-state index in [0.29, 0.717) is 24.6 Å². The van der Waals surface area contributed by atoms with Crippen LogP contribution in [0.4, 0.5) is 5.82 Å². The van der Waals surface area contributed by atoms with Crippen LogP contribution in [-0.4, -0.2) is 29.5 Å². The summed E-state index contributed by atoms with van der Waals surface area (Å²) in [5.74, 6) is 1.17. The van der Waals surface area contributed by atoms with E-state index in [2.05, 4.69) is 31.2 Å². The van der Waals surface area contributed by atoms with Crippen molar-refractivity contribution in [3.63, 3.8) is 0 Å². The molecule has 4 aromatic rings. The molecule has 0 saturated carbocycles. The Morgan fingerprint density at radius 2 is 1.84 bits per heavy atom. The quantitative estimate of drug-likeness (QED) is 0.249. The third-order valence-electron chi connectivity index (χ3n) is 4.62. The van der Waals surface area contributed by atoms with Gasteiger partial charge in [0.1, 0.15) is 30.8 Å². The highest BCUT2D eigenvalue weighted by molar-refractivity contribution is 9.10. The standard InChI is InChI=1S/C22H19BrN6O3/c23-18-9-6-17(7-10-18)8-11-21-24-14-22(29(30)31)28(21)13-12-27-15-19(25-26-27)16-32-20-4-2-1-3-5-20/h1-11,14-15H,12-13,16H2/b11-8+. The molecule has 0 aliphatic rings. The van der Waals surface area contributed by atoms with E-state index in [1.54, 1.807) is 21.5 Å². The van der Waals surface area contributed by atoms with Crippen molar-refractivity contribution in [3.8, 4) is 5.75 Å². The van der Waals surface area contributed by atoms with Gasteiger partial charge in [-0.15, -0.1) is 5.10 Å². The Kier molecular flexibility index (Phi) is 6.71. The average Bonchev–Trinajstić information content (AvgIpc) is 3.43. The molecule has 32 heavy (non-hydrogen) atoms. The summed E-state index contributed by atoms with van der Waals surface area (Å²) >= 11 is 3.40. The molecule has 2 heterocycles. The Hall–Kier alpha value is -3.79. The van der Waals surface area contributed by atoms with Crippen LogP contribution in [0.5, 0.6) is 5.75 Å². The Labute approximate surface area is 192 Å². The van der Waals surface area contributed by atoms with Crippen LogP contribution < -0.4 is 4.74 Å². The highest BCUT2D eigenvalue weighted by Gasteiger charge is 2.18. The summed E-state index contributed by atoms with van der Waals surface area (Å²) in [5, 5.41) is 19.6. The number of imidazole rings is 1. The first-order chi connectivity index (χ1) is 15.6. The molecule has 0 radical (unpaired) electrons. The molecule has 9 nitrogen and oxygen atoms in total. The van der Waals surface area contributed by atoms with Crippen LogP contribution >= 0.6 is 15.9 Å². The summed E-state index contributed by atoms with van der Waals surface area (Å²) in [6.07, 6.45) is 6.66. The molecule has 10 heteroatoms. The molecule has 0 spiro atoms. The first-order valence-electron chi connectivity index (χ1n) is 9.79. The van der Waals surface area contributed by atoms with Crippen LogP contribution in [-0.2, 0) is 19.7 Å². The summed E-state index contributed by atoms with van der Waals surface area (Å²) in [7, 11) is 0. The van der Waals surface area contributed by atoms with Crippen molar-refractivity contribution < 1.29 is 9.66 Å². The van der Waals surface area contributed by atoms with Gasteiger partial charge >= 0.3 is 5.82 Å². The van der Waals surface area contributed by atoms with Gasteiger partial charge in [-0.05, 0) is 40.8 Å². The molecule has 162 valence electrons. The van der Waals surface area contributed by atoms with E-state index in [1.165, 1.54) is 6.20 Å². The second kappa shape index (κ2) is 10.0. The maximum absolute atomic E-state index is 11.4. The second-order valence-electron chi connectivity index (χ2n) is 6.84. The second-order valence-corrected chi connectivity index (χ2v) is 7.76. The lowest BCUT2D eigenvalue weighted by atomic mass is 10.2. The molecule has 0 aliphatic heterocycles. The Morgan fingerprint density at radius 3 is 2.59 bits per heavy atom. The molecular weight excluding hydrogens is 476 g/mol. The summed E-state index contributed by atoms with van der Waals surface area (Å²) in [6, 6.07) is 17.2. The molecule has 0 N–H and O–H groups in total. The molecule has 0 atom stereocenters. The molecule has 0 bridgehead atoms. The number of para-hydroxylation sites is 1. The third-order valence-corrected chi connectivity index (χ3v) is 5.14. The summed E-state index contributed by atoms with van der Waals surface area (Å²) in [6.45, 7) is 1.00. The third kappa shape index (κ3) is 5.46. The van der Waals surface area contributed by atoms with Gasteiger partial charge in [0, 0.05) is 10.5 Å². The van der Waals surface area contributed by atoms with Crippen molar-refractivity contribution in [1.29, 1.82) is 0 Å². The zero-order valence-corrected chi connectivity index (χ0v) is 18.5. The van der Waals surface area contributed by atoms with Crippen LogP contribution in [0.1, 0.15) is 17.1 Å². The first-order valence-corrected chi connectivity index (χ1v) is 10.6. The molecule has 0 aliphatic carbocycles. The SMILES string of the molecule is O=[N+]([O-])c1cnc(/C=C/c2ccc(Br)cc2)n1CCn1cc(COc2ccccc2)nn1. The van der Waals surface area contributed by atoms with Gasteiger partial charge in [-0.25, -0.2) is 14.2 Å². The monoisotopic (exact) mass is 494 g/mol. The Balaban J connectivity index is 1.43. The van der Waals surface area contributed by atoms with Gasteiger partial charge in [0.25, 0.3) is 0 Å². The smallest absolute Gasteiger partial charge is 0.343 e. The van der Waals surface area contributed by atoms with Crippen LogP contribution in [0.15, 0.2) is 71.5 Å². The van der Waals surface area contributed by atoms with E-state index < -0.39 is 4.92 Å². The van der Waals surface area contributed by atoms with E-state index >= 15 is 0 Å². The Morgan fingerprint density at radius 1 is 1.06 bits per heavy atom. The molecule has 2 aromatic heterocycles. The number of nitro groups is 1. The normalized spacial score (nSPS) is 11.2. The van der Waals surface area contributed by atoms with E-state index in [1.807, 2.05) is 60.7 Å². The van der Waals surface area contributed by atoms with Gasteiger partial charge in [0.05, 0.1) is 12.7 Å². The molecule has 0 amide bonds. The fourth-order valence-corrected chi connectivity index (χ4v) is 3.29. The summed E-state index contributed by atoms with van der Waals surface area (Å²) < 4.78 is 9.84. The van der Waals surface area contributed by atoms with Gasteiger partial charge in [-0.2, -0.15) is 0 Å². The number of hydrogen-bond acceptors (Lipinski definition) is 6. The Bertz CT molecular complexity index is 1220. The fourth-order valence-electron chi connectivity index (χ4n) is 3.02. The number of rotatable bonds is 9. The molecule has 0 saturated heterocycles. The predicted octanol–water partition coefficient (Wildman–Crippen LogP) is 4.59. The zero-order chi connectivity index (χ0) is 22.3. The number of benzene rings is 2. The molecule has 0 unspecified atom stereocenters. The number of aryl methyl sites for hydroxylation is 1. The van der Waals surface area contributed by atoms with E-state index in [9.17, 15) is 10.1 Å². The maximum atomic E-state index is 11.4.